The van der Waals surface area contributed by atoms with E-state index in [1.54, 1.807) is 13.2 Å². The van der Waals surface area contributed by atoms with E-state index in [1.807, 2.05) is 0 Å². The van der Waals surface area contributed by atoms with Crippen molar-refractivity contribution in [3.63, 3.8) is 0 Å². The molecule has 0 saturated heterocycles. The van der Waals surface area contributed by atoms with Gasteiger partial charge in [-0.15, -0.1) is 18.2 Å². The molecule has 0 atom stereocenters. The molecule has 0 aliphatic carbocycles. The summed E-state index contributed by atoms with van der Waals surface area (Å²) in [5.41, 5.74) is 0.194. The van der Waals surface area contributed by atoms with Crippen LogP contribution >= 0.6 is 11.6 Å². The van der Waals surface area contributed by atoms with E-state index >= 15 is 0 Å². The number of nitrogens with zero attached hydrogens (tertiary/aromatic N) is 1. The van der Waals surface area contributed by atoms with Gasteiger partial charge in [-0.25, -0.2) is 4.39 Å². The van der Waals surface area contributed by atoms with Gasteiger partial charge in [-0.2, -0.15) is 0 Å². The van der Waals surface area contributed by atoms with Crippen LogP contribution in [0, 0.1) is 6.20 Å². The minimum absolute atomic E-state index is 0. The first-order valence-corrected chi connectivity index (χ1v) is 3.08. The average molecular weight is 247 g/mol. The first-order chi connectivity index (χ1) is 4.61. The minimum atomic E-state index is -0.505. The molecular weight excluding hydrogens is 241 g/mol. The predicted octanol–water partition coefficient (Wildman–Crippen LogP) is 2.18. The summed E-state index contributed by atoms with van der Waals surface area (Å²) in [6, 6.07) is 0. The maximum absolute atomic E-state index is 12.6. The fourth-order valence-electron chi connectivity index (χ4n) is 0.607. The largest absolute Gasteiger partial charge is 0.460 e. The number of allylic oxidation sites excluding steroid dienone is 3. The van der Waals surface area contributed by atoms with Gasteiger partial charge in [0.2, 0.25) is 0 Å². The van der Waals surface area contributed by atoms with Crippen molar-refractivity contribution in [3.05, 3.63) is 35.4 Å². The third kappa shape index (κ3) is 2.70. The Bertz CT molecular complexity index is 213. The second-order valence-electron chi connectivity index (χ2n) is 1.99. The van der Waals surface area contributed by atoms with Crippen molar-refractivity contribution in [2.75, 3.05) is 7.05 Å². The molecule has 0 unspecified atom stereocenters. The summed E-state index contributed by atoms with van der Waals surface area (Å²) >= 11 is 5.58. The molecule has 0 aromatic carbocycles. The van der Waals surface area contributed by atoms with Crippen molar-refractivity contribution in [1.82, 2.24) is 4.90 Å². The molecule has 4 heteroatoms. The first kappa shape index (κ1) is 11.3. The van der Waals surface area contributed by atoms with Crippen LogP contribution in [0.1, 0.15) is 0 Å². The normalized spacial score (nSPS) is 17.0. The van der Waals surface area contributed by atoms with Gasteiger partial charge >= 0.3 is 0 Å². The molecule has 1 rings (SSSR count). The van der Waals surface area contributed by atoms with E-state index in [1.165, 1.54) is 4.90 Å². The van der Waals surface area contributed by atoms with E-state index in [0.29, 0.717) is 5.03 Å². The van der Waals surface area contributed by atoms with Crippen molar-refractivity contribution >= 4 is 11.6 Å². The number of hydrogen-bond donors (Lipinski definition) is 0. The zero-order valence-electron chi connectivity index (χ0n) is 6.06. The second-order valence-corrected chi connectivity index (χ2v) is 2.40. The monoisotopic (exact) mass is 247 g/mol. The van der Waals surface area contributed by atoms with Gasteiger partial charge < -0.3 is 4.90 Å². The molecule has 1 aliphatic rings. The summed E-state index contributed by atoms with van der Waals surface area (Å²) in [4.78, 5) is 1.42. The van der Waals surface area contributed by atoms with Gasteiger partial charge in [0.05, 0.1) is 0 Å². The number of halogens is 2. The summed E-state index contributed by atoms with van der Waals surface area (Å²) in [7, 11) is 1.65. The van der Waals surface area contributed by atoms with E-state index in [0.717, 1.165) is 0 Å². The van der Waals surface area contributed by atoms with Crippen LogP contribution in [-0.4, -0.2) is 11.9 Å². The molecule has 0 N–H and O–H groups in total. The molecule has 1 radical (unpaired) electrons. The molecule has 0 fully saturated rings. The fraction of sp³-hybridized carbons (Fsp3) is 0.143. The molecule has 1 heterocycles. The Balaban J connectivity index is 0.000001000. The molecule has 0 aromatic heterocycles. The zero-order valence-corrected chi connectivity index (χ0v) is 9.66. The molecule has 1 nitrogen and oxygen atoms in total. The first-order valence-electron chi connectivity index (χ1n) is 2.70. The molecule has 1 aliphatic heterocycles. The van der Waals surface area contributed by atoms with E-state index in [2.05, 4.69) is 12.8 Å². The quantitative estimate of drug-likeness (QED) is 0.593. The Morgan fingerprint density at radius 2 is 2.27 bits per heavy atom. The molecule has 0 amide bonds. The maximum Gasteiger partial charge on any atom is 0.0355 e. The standard InChI is InChI=1S/C7H6ClFN.Y/c1-5-6(8)3-10(2)4-7(5)9;/h3H,1H2,2H3;/q-1;. The summed E-state index contributed by atoms with van der Waals surface area (Å²) in [6.45, 7) is 3.41. The number of hydrogen-bond acceptors (Lipinski definition) is 1. The predicted molar refractivity (Wildman–Crippen MR) is 38.7 cm³/mol. The van der Waals surface area contributed by atoms with Crippen molar-refractivity contribution in [2.45, 2.75) is 0 Å². The minimum Gasteiger partial charge on any atom is -0.460 e. The molecule has 0 bridgehead atoms. The smallest absolute Gasteiger partial charge is 0.0355 e. The third-order valence-electron chi connectivity index (χ3n) is 1.13. The second kappa shape index (κ2) is 4.39. The van der Waals surface area contributed by atoms with E-state index < -0.39 is 5.83 Å². The average Bonchev–Trinajstić information content (AvgIpc) is 1.82. The molecular formula is C7H6ClFNY-. The Hall–Kier alpha value is 0.344. The van der Waals surface area contributed by atoms with Crippen molar-refractivity contribution in [2.24, 2.45) is 0 Å². The summed E-state index contributed by atoms with van der Waals surface area (Å²) in [5.74, 6) is -0.505. The summed E-state index contributed by atoms with van der Waals surface area (Å²) in [6.07, 6.45) is 3.93. The van der Waals surface area contributed by atoms with Gasteiger partial charge in [0.25, 0.3) is 0 Å². The van der Waals surface area contributed by atoms with E-state index in [9.17, 15) is 4.39 Å². The van der Waals surface area contributed by atoms with Crippen LogP contribution < -0.4 is 0 Å². The van der Waals surface area contributed by atoms with Gasteiger partial charge in [-0.1, -0.05) is 18.0 Å². The van der Waals surface area contributed by atoms with Crippen molar-refractivity contribution in [3.8, 4) is 0 Å². The van der Waals surface area contributed by atoms with Crippen LogP contribution in [0.15, 0.2) is 29.2 Å². The van der Waals surface area contributed by atoms with E-state index in [4.69, 9.17) is 11.6 Å². The van der Waals surface area contributed by atoms with Crippen molar-refractivity contribution in [1.29, 1.82) is 0 Å². The van der Waals surface area contributed by atoms with Crippen LogP contribution in [0.3, 0.4) is 0 Å². The third-order valence-corrected chi connectivity index (χ3v) is 1.46. The van der Waals surface area contributed by atoms with Crippen LogP contribution in [-0.2, 0) is 32.7 Å². The van der Waals surface area contributed by atoms with Crippen molar-refractivity contribution < 1.29 is 37.1 Å². The summed E-state index contributed by atoms with van der Waals surface area (Å²) in [5, 5.41) is 0.318. The maximum atomic E-state index is 12.6. The molecule has 57 valence electrons. The Morgan fingerprint density at radius 3 is 2.73 bits per heavy atom. The van der Waals surface area contributed by atoms with Gasteiger partial charge in [-0.3, -0.25) is 0 Å². The Labute approximate surface area is 95.5 Å². The molecule has 0 aromatic rings. The van der Waals surface area contributed by atoms with Crippen LogP contribution in [0.25, 0.3) is 0 Å². The zero-order chi connectivity index (χ0) is 7.72. The molecule has 0 saturated carbocycles. The van der Waals surface area contributed by atoms with Gasteiger partial charge in [-0.05, 0) is 12.1 Å². The fourth-order valence-corrected chi connectivity index (χ4v) is 0.837. The Kier molecular flexibility index (Phi) is 4.53. The van der Waals surface area contributed by atoms with Gasteiger partial charge in [0, 0.05) is 38.5 Å². The van der Waals surface area contributed by atoms with E-state index in [-0.39, 0.29) is 38.3 Å². The van der Waals surface area contributed by atoms with Gasteiger partial charge in [0.1, 0.15) is 0 Å². The number of rotatable bonds is 0. The molecule has 0 spiro atoms. The SMILES string of the molecule is C=C1C(F)=[C-]N(C)C=C1Cl.[Y]. The Morgan fingerprint density at radius 1 is 1.73 bits per heavy atom. The summed E-state index contributed by atoms with van der Waals surface area (Å²) < 4.78 is 12.6. The van der Waals surface area contributed by atoms with Crippen LogP contribution in [0.4, 0.5) is 4.39 Å². The topological polar surface area (TPSA) is 3.24 Å². The van der Waals surface area contributed by atoms with Crippen LogP contribution in [0.2, 0.25) is 0 Å². The van der Waals surface area contributed by atoms with Gasteiger partial charge in [0.15, 0.2) is 0 Å². The van der Waals surface area contributed by atoms with Crippen LogP contribution in [0.5, 0.6) is 0 Å². The molecule has 11 heavy (non-hydrogen) atoms.